The molecule has 13 heavy (non-hydrogen) atoms. The average molecular weight is 172 g/mol. The number of hydrogen-bond donors (Lipinski definition) is 0. The van der Waals surface area contributed by atoms with E-state index in [-0.39, 0.29) is 0 Å². The minimum atomic E-state index is 0.996. The third kappa shape index (κ3) is 3.34. The van der Waals surface area contributed by atoms with Crippen molar-refractivity contribution in [2.75, 3.05) is 0 Å². The van der Waals surface area contributed by atoms with Crippen LogP contribution in [0.15, 0.2) is 24.3 Å². The standard InChI is InChI=1S/C13H16/c1-3-5-6-8-13-10-7-9-12(4-2)11-13/h7,9-11H,3-5H2,1-2H3. The van der Waals surface area contributed by atoms with E-state index in [4.69, 9.17) is 0 Å². The predicted octanol–water partition coefficient (Wildman–Crippen LogP) is 3.40. The molecule has 0 unspecified atom stereocenters. The first-order valence-corrected chi connectivity index (χ1v) is 4.94. The Labute approximate surface area is 81.0 Å². The molecule has 1 rings (SSSR count). The molecule has 0 aromatic heterocycles. The molecule has 1 aromatic carbocycles. The van der Waals surface area contributed by atoms with Crippen molar-refractivity contribution >= 4 is 0 Å². The summed E-state index contributed by atoms with van der Waals surface area (Å²) in [6.45, 7) is 4.32. The van der Waals surface area contributed by atoms with Gasteiger partial charge in [0.1, 0.15) is 0 Å². The van der Waals surface area contributed by atoms with Crippen molar-refractivity contribution in [2.45, 2.75) is 33.1 Å². The van der Waals surface area contributed by atoms with Gasteiger partial charge in [-0.2, -0.15) is 0 Å². The highest BCUT2D eigenvalue weighted by molar-refractivity contribution is 5.37. The summed E-state index contributed by atoms with van der Waals surface area (Å²) in [5.74, 6) is 6.32. The zero-order valence-electron chi connectivity index (χ0n) is 8.43. The van der Waals surface area contributed by atoms with Gasteiger partial charge in [0.2, 0.25) is 0 Å². The van der Waals surface area contributed by atoms with Crippen molar-refractivity contribution < 1.29 is 0 Å². The second-order valence-corrected chi connectivity index (χ2v) is 3.11. The van der Waals surface area contributed by atoms with Gasteiger partial charge in [-0.3, -0.25) is 0 Å². The largest absolute Gasteiger partial charge is 0.0979 e. The summed E-state index contributed by atoms with van der Waals surface area (Å²) in [7, 11) is 0. The minimum absolute atomic E-state index is 0.996. The Bertz CT molecular complexity index is 312. The molecule has 0 heteroatoms. The van der Waals surface area contributed by atoms with E-state index in [1.54, 1.807) is 0 Å². The lowest BCUT2D eigenvalue weighted by Crippen LogP contribution is -1.81. The van der Waals surface area contributed by atoms with Gasteiger partial charge in [0.25, 0.3) is 0 Å². The van der Waals surface area contributed by atoms with E-state index < -0.39 is 0 Å². The van der Waals surface area contributed by atoms with Crippen molar-refractivity contribution in [3.63, 3.8) is 0 Å². The van der Waals surface area contributed by atoms with Crippen molar-refractivity contribution in [1.29, 1.82) is 0 Å². The van der Waals surface area contributed by atoms with Gasteiger partial charge in [-0.25, -0.2) is 0 Å². The third-order valence-corrected chi connectivity index (χ3v) is 1.94. The quantitative estimate of drug-likeness (QED) is 0.600. The molecular weight excluding hydrogens is 156 g/mol. The molecule has 0 atom stereocenters. The van der Waals surface area contributed by atoms with Gasteiger partial charge in [-0.15, -0.1) is 0 Å². The van der Waals surface area contributed by atoms with Gasteiger partial charge in [0.15, 0.2) is 0 Å². The Balaban J connectivity index is 2.73. The van der Waals surface area contributed by atoms with Crippen LogP contribution in [-0.4, -0.2) is 0 Å². The van der Waals surface area contributed by atoms with E-state index in [2.05, 4.69) is 50.0 Å². The zero-order chi connectivity index (χ0) is 9.52. The van der Waals surface area contributed by atoms with Gasteiger partial charge in [-0.1, -0.05) is 37.8 Å². The maximum Gasteiger partial charge on any atom is 0.0247 e. The third-order valence-electron chi connectivity index (χ3n) is 1.94. The lowest BCUT2D eigenvalue weighted by atomic mass is 10.1. The van der Waals surface area contributed by atoms with Crippen LogP contribution in [0.2, 0.25) is 0 Å². The highest BCUT2D eigenvalue weighted by atomic mass is 13.9. The zero-order valence-corrected chi connectivity index (χ0v) is 8.43. The summed E-state index contributed by atoms with van der Waals surface area (Å²) >= 11 is 0. The second-order valence-electron chi connectivity index (χ2n) is 3.11. The molecule has 0 bridgehead atoms. The van der Waals surface area contributed by atoms with Crippen LogP contribution in [0.4, 0.5) is 0 Å². The summed E-state index contributed by atoms with van der Waals surface area (Å²) in [6, 6.07) is 8.46. The molecule has 0 heterocycles. The Morgan fingerprint density at radius 2 is 2.08 bits per heavy atom. The van der Waals surface area contributed by atoms with Crippen molar-refractivity contribution in [2.24, 2.45) is 0 Å². The maximum absolute atomic E-state index is 3.17. The van der Waals surface area contributed by atoms with Gasteiger partial charge >= 0.3 is 0 Å². The number of benzene rings is 1. The SMILES string of the molecule is CCCC#Cc1cccc(CC)c1. The molecule has 0 aliphatic heterocycles. The fourth-order valence-corrected chi connectivity index (χ4v) is 1.16. The molecular formula is C13H16. The highest BCUT2D eigenvalue weighted by Gasteiger charge is 1.89. The van der Waals surface area contributed by atoms with Crippen LogP contribution < -0.4 is 0 Å². The van der Waals surface area contributed by atoms with Crippen LogP contribution in [0.5, 0.6) is 0 Å². The van der Waals surface area contributed by atoms with Crippen LogP contribution in [0.25, 0.3) is 0 Å². The molecule has 0 radical (unpaired) electrons. The maximum atomic E-state index is 3.17. The van der Waals surface area contributed by atoms with Gasteiger partial charge in [0, 0.05) is 12.0 Å². The summed E-state index contributed by atoms with van der Waals surface area (Å²) in [4.78, 5) is 0. The number of hydrogen-bond acceptors (Lipinski definition) is 0. The Hall–Kier alpha value is -1.22. The number of rotatable bonds is 2. The molecule has 68 valence electrons. The average Bonchev–Trinajstić information content (AvgIpc) is 2.19. The predicted molar refractivity (Wildman–Crippen MR) is 57.6 cm³/mol. The van der Waals surface area contributed by atoms with Gasteiger partial charge in [0.05, 0.1) is 0 Å². The van der Waals surface area contributed by atoms with E-state index in [1.165, 1.54) is 5.56 Å². The van der Waals surface area contributed by atoms with Crippen LogP contribution in [0, 0.1) is 11.8 Å². The Morgan fingerprint density at radius 1 is 1.23 bits per heavy atom. The number of aryl methyl sites for hydroxylation is 1. The molecule has 0 saturated carbocycles. The summed E-state index contributed by atoms with van der Waals surface area (Å²) in [5, 5.41) is 0. The van der Waals surface area contributed by atoms with E-state index in [0.29, 0.717) is 0 Å². The first-order chi connectivity index (χ1) is 6.36. The number of unbranched alkanes of at least 4 members (excludes halogenated alkanes) is 1. The van der Waals surface area contributed by atoms with E-state index in [1.807, 2.05) is 0 Å². The van der Waals surface area contributed by atoms with E-state index >= 15 is 0 Å². The monoisotopic (exact) mass is 172 g/mol. The van der Waals surface area contributed by atoms with Crippen LogP contribution in [0.1, 0.15) is 37.8 Å². The topological polar surface area (TPSA) is 0 Å². The van der Waals surface area contributed by atoms with Crippen LogP contribution in [-0.2, 0) is 6.42 Å². The molecule has 1 aromatic rings. The first-order valence-electron chi connectivity index (χ1n) is 4.94. The molecule has 0 spiro atoms. The molecule has 0 aliphatic carbocycles. The van der Waals surface area contributed by atoms with Crippen LogP contribution >= 0.6 is 0 Å². The second kappa shape index (κ2) is 5.43. The molecule has 0 aliphatic rings. The normalized spacial score (nSPS) is 9.08. The summed E-state index contributed by atoms with van der Waals surface area (Å²) < 4.78 is 0. The van der Waals surface area contributed by atoms with E-state index in [9.17, 15) is 0 Å². The first kappa shape index (κ1) is 9.86. The van der Waals surface area contributed by atoms with Crippen LogP contribution in [0.3, 0.4) is 0 Å². The van der Waals surface area contributed by atoms with E-state index in [0.717, 1.165) is 24.8 Å². The highest BCUT2D eigenvalue weighted by Crippen LogP contribution is 2.04. The molecule has 0 saturated heterocycles. The van der Waals surface area contributed by atoms with Gasteiger partial charge in [-0.05, 0) is 30.5 Å². The molecule has 0 N–H and O–H groups in total. The van der Waals surface area contributed by atoms with Gasteiger partial charge < -0.3 is 0 Å². The minimum Gasteiger partial charge on any atom is -0.0979 e. The van der Waals surface area contributed by atoms with Crippen molar-refractivity contribution in [3.05, 3.63) is 35.4 Å². The van der Waals surface area contributed by atoms with Crippen molar-refractivity contribution in [3.8, 4) is 11.8 Å². The molecule has 0 nitrogen and oxygen atoms in total. The molecule has 0 amide bonds. The Morgan fingerprint density at radius 3 is 2.77 bits per heavy atom. The molecule has 0 fully saturated rings. The summed E-state index contributed by atoms with van der Waals surface area (Å²) in [6.07, 6.45) is 3.22. The fraction of sp³-hybridized carbons (Fsp3) is 0.385. The van der Waals surface area contributed by atoms with Crippen molar-refractivity contribution in [1.82, 2.24) is 0 Å². The lowest BCUT2D eigenvalue weighted by Gasteiger charge is -1.95. The fourth-order valence-electron chi connectivity index (χ4n) is 1.16. The lowest BCUT2D eigenvalue weighted by molar-refractivity contribution is 0.983. The Kier molecular flexibility index (Phi) is 4.12. The summed E-state index contributed by atoms with van der Waals surface area (Å²) in [5.41, 5.74) is 2.51. The smallest absolute Gasteiger partial charge is 0.0247 e.